The minimum Gasteiger partial charge on any atom is -0.457 e. The third-order valence-corrected chi connectivity index (χ3v) is 7.37. The summed E-state index contributed by atoms with van der Waals surface area (Å²) in [5, 5.41) is 4.04. The Hall–Kier alpha value is -5.68. The normalized spacial score (nSPS) is 11.4. The van der Waals surface area contributed by atoms with Crippen LogP contribution in [0.1, 0.15) is 0 Å². The molecule has 0 atom stereocenters. The Kier molecular flexibility index (Phi) is 5.38. The van der Waals surface area contributed by atoms with E-state index >= 15 is 0 Å². The lowest BCUT2D eigenvalue weighted by atomic mass is 10.0. The lowest BCUT2D eigenvalue weighted by molar-refractivity contribution is 0.489. The molecular formula is C36H22N4O. The van der Waals surface area contributed by atoms with Gasteiger partial charge in [-0.1, -0.05) is 66.7 Å². The Balaban J connectivity index is 1.23. The molecule has 4 aromatic heterocycles. The maximum absolute atomic E-state index is 6.26. The zero-order valence-corrected chi connectivity index (χ0v) is 21.9. The van der Waals surface area contributed by atoms with Crippen LogP contribution in [0.5, 0.6) is 11.5 Å². The Morgan fingerprint density at radius 3 is 1.85 bits per heavy atom. The predicted molar refractivity (Wildman–Crippen MR) is 165 cm³/mol. The van der Waals surface area contributed by atoms with Crippen molar-refractivity contribution >= 4 is 43.6 Å². The minimum absolute atomic E-state index is 0.757. The van der Waals surface area contributed by atoms with Crippen LogP contribution >= 0.6 is 0 Å². The van der Waals surface area contributed by atoms with Gasteiger partial charge in [0.15, 0.2) is 0 Å². The molecule has 5 heteroatoms. The summed E-state index contributed by atoms with van der Waals surface area (Å²) in [6, 6.07) is 40.7. The highest BCUT2D eigenvalue weighted by Gasteiger charge is 2.13. The second-order valence-electron chi connectivity index (χ2n) is 9.95. The number of pyridine rings is 4. The molecule has 0 fully saturated rings. The summed E-state index contributed by atoms with van der Waals surface area (Å²) >= 11 is 0. The third kappa shape index (κ3) is 4.12. The molecule has 0 amide bonds. The van der Waals surface area contributed by atoms with Crippen molar-refractivity contribution < 1.29 is 4.74 Å². The number of benzene rings is 4. The number of ether oxygens (including phenoxy) is 1. The van der Waals surface area contributed by atoms with Gasteiger partial charge in [0.05, 0.1) is 27.9 Å². The molecule has 4 heterocycles. The molecule has 4 aromatic carbocycles. The zero-order valence-electron chi connectivity index (χ0n) is 21.9. The number of rotatable bonds is 4. The molecule has 0 saturated heterocycles. The largest absolute Gasteiger partial charge is 0.457 e. The fourth-order valence-corrected chi connectivity index (χ4v) is 5.37. The van der Waals surface area contributed by atoms with Gasteiger partial charge in [-0.25, -0.2) is 9.97 Å². The number of hydrogen-bond donors (Lipinski definition) is 0. The van der Waals surface area contributed by atoms with E-state index in [1.165, 1.54) is 0 Å². The fraction of sp³-hybridized carbons (Fsp3) is 0. The summed E-state index contributed by atoms with van der Waals surface area (Å²) in [6.07, 6.45) is 3.62. The summed E-state index contributed by atoms with van der Waals surface area (Å²) in [5.74, 6) is 1.54. The quantitative estimate of drug-likeness (QED) is 0.214. The zero-order chi connectivity index (χ0) is 27.2. The molecule has 8 rings (SSSR count). The average molecular weight is 527 g/mol. The maximum Gasteiger partial charge on any atom is 0.137 e. The first-order valence-corrected chi connectivity index (χ1v) is 13.5. The number of hydrogen-bond acceptors (Lipinski definition) is 5. The van der Waals surface area contributed by atoms with Crippen molar-refractivity contribution in [2.24, 2.45) is 0 Å². The van der Waals surface area contributed by atoms with Crippen molar-refractivity contribution in [2.75, 3.05) is 0 Å². The maximum atomic E-state index is 6.26. The average Bonchev–Trinajstić information content (AvgIpc) is 3.05. The van der Waals surface area contributed by atoms with Crippen LogP contribution in [-0.2, 0) is 0 Å². The Bertz CT molecular complexity index is 2250. The van der Waals surface area contributed by atoms with E-state index in [4.69, 9.17) is 19.7 Å². The highest BCUT2D eigenvalue weighted by atomic mass is 16.5. The van der Waals surface area contributed by atoms with E-state index in [-0.39, 0.29) is 0 Å². The first-order chi connectivity index (χ1) is 20.3. The summed E-state index contributed by atoms with van der Waals surface area (Å²) in [5.41, 5.74) is 7.26. The third-order valence-electron chi connectivity index (χ3n) is 7.37. The molecule has 0 bridgehead atoms. The summed E-state index contributed by atoms with van der Waals surface area (Å²) in [7, 11) is 0. The van der Waals surface area contributed by atoms with Crippen LogP contribution in [0.25, 0.3) is 66.1 Å². The van der Waals surface area contributed by atoms with E-state index in [1.54, 1.807) is 6.20 Å². The Morgan fingerprint density at radius 2 is 1.07 bits per heavy atom. The van der Waals surface area contributed by atoms with Crippen molar-refractivity contribution in [1.82, 2.24) is 19.9 Å². The predicted octanol–water partition coefficient (Wildman–Crippen LogP) is 9.01. The van der Waals surface area contributed by atoms with Crippen molar-refractivity contribution in [3.63, 3.8) is 0 Å². The molecule has 0 aliphatic heterocycles. The number of aromatic nitrogens is 4. The van der Waals surface area contributed by atoms with Crippen LogP contribution in [0.15, 0.2) is 134 Å². The van der Waals surface area contributed by atoms with Gasteiger partial charge in [0.25, 0.3) is 0 Å². The van der Waals surface area contributed by atoms with Gasteiger partial charge >= 0.3 is 0 Å². The monoisotopic (exact) mass is 526 g/mol. The number of nitrogens with zero attached hydrogens (tertiary/aromatic N) is 4. The van der Waals surface area contributed by atoms with Gasteiger partial charge in [-0.05, 0) is 54.6 Å². The first-order valence-electron chi connectivity index (χ1n) is 13.5. The smallest absolute Gasteiger partial charge is 0.137 e. The molecular weight excluding hydrogens is 504 g/mol. The van der Waals surface area contributed by atoms with Gasteiger partial charge in [-0.3, -0.25) is 9.97 Å². The molecule has 0 aliphatic rings. The highest BCUT2D eigenvalue weighted by Crippen LogP contribution is 2.36. The number of para-hydroxylation sites is 1. The van der Waals surface area contributed by atoms with E-state index < -0.39 is 0 Å². The van der Waals surface area contributed by atoms with Crippen LogP contribution < -0.4 is 4.74 Å². The standard InChI is InChI=1S/C36H22N4O/c1-2-10-28(11-3-1)41-32-22-27-16-18-31(40-35(27)36-29(32)12-6-20-38-36)26-8-4-7-25(21-26)30-17-15-24-14-13-23-9-5-19-37-33(23)34(24)39-30/h1-22H. The van der Waals surface area contributed by atoms with E-state index in [9.17, 15) is 0 Å². The first kappa shape index (κ1) is 23.2. The molecule has 8 aromatic rings. The molecule has 0 aliphatic carbocycles. The SMILES string of the molecule is c1ccc(Oc2cc3ccc(-c4cccc(-c5ccc6ccc7cccnc7c6n5)c4)nc3c3ncccc23)cc1. The van der Waals surface area contributed by atoms with Crippen molar-refractivity contribution in [2.45, 2.75) is 0 Å². The van der Waals surface area contributed by atoms with Crippen molar-refractivity contribution in [3.05, 3.63) is 134 Å². The highest BCUT2D eigenvalue weighted by molar-refractivity contribution is 6.07. The molecule has 0 N–H and O–H groups in total. The Labute approximate surface area is 235 Å². The second-order valence-corrected chi connectivity index (χ2v) is 9.95. The Morgan fingerprint density at radius 1 is 0.439 bits per heavy atom. The van der Waals surface area contributed by atoms with E-state index in [0.29, 0.717) is 0 Å². The summed E-state index contributed by atoms with van der Waals surface area (Å²) in [6.45, 7) is 0. The molecule has 0 radical (unpaired) electrons. The molecule has 192 valence electrons. The van der Waals surface area contributed by atoms with Crippen molar-refractivity contribution in [3.8, 4) is 34.0 Å². The van der Waals surface area contributed by atoms with E-state index in [1.807, 2.05) is 66.9 Å². The van der Waals surface area contributed by atoms with Gasteiger partial charge in [0.2, 0.25) is 0 Å². The number of fused-ring (bicyclic) bond motifs is 6. The molecule has 0 spiro atoms. The minimum atomic E-state index is 0.757. The fourth-order valence-electron chi connectivity index (χ4n) is 5.37. The summed E-state index contributed by atoms with van der Waals surface area (Å²) < 4.78 is 6.26. The summed E-state index contributed by atoms with van der Waals surface area (Å²) in [4.78, 5) is 19.4. The topological polar surface area (TPSA) is 60.8 Å². The van der Waals surface area contributed by atoms with Gasteiger partial charge < -0.3 is 4.74 Å². The van der Waals surface area contributed by atoms with Gasteiger partial charge in [0, 0.05) is 45.1 Å². The van der Waals surface area contributed by atoms with Crippen LogP contribution in [0, 0.1) is 0 Å². The van der Waals surface area contributed by atoms with Gasteiger partial charge in [-0.2, -0.15) is 0 Å². The van der Waals surface area contributed by atoms with Crippen LogP contribution in [0.4, 0.5) is 0 Å². The van der Waals surface area contributed by atoms with Crippen molar-refractivity contribution in [1.29, 1.82) is 0 Å². The van der Waals surface area contributed by atoms with E-state index in [0.717, 1.165) is 77.6 Å². The second kappa shape index (κ2) is 9.50. The van der Waals surface area contributed by atoms with Crippen LogP contribution in [-0.4, -0.2) is 19.9 Å². The van der Waals surface area contributed by atoms with Gasteiger partial charge in [-0.15, -0.1) is 0 Å². The molecule has 0 saturated carbocycles. The molecule has 0 unspecified atom stereocenters. The lowest BCUT2D eigenvalue weighted by Crippen LogP contribution is -1.93. The lowest BCUT2D eigenvalue weighted by Gasteiger charge is -2.12. The van der Waals surface area contributed by atoms with Crippen LogP contribution in [0.2, 0.25) is 0 Å². The van der Waals surface area contributed by atoms with Crippen LogP contribution in [0.3, 0.4) is 0 Å². The molecule has 5 nitrogen and oxygen atoms in total. The molecule has 41 heavy (non-hydrogen) atoms. The van der Waals surface area contributed by atoms with Gasteiger partial charge in [0.1, 0.15) is 17.0 Å². The van der Waals surface area contributed by atoms with E-state index in [2.05, 4.69) is 65.6 Å².